The molecule has 5 N–H and O–H groups in total. The molecule has 0 bridgehead atoms. The van der Waals surface area contributed by atoms with Gasteiger partial charge in [-0.05, 0) is 63.6 Å². The van der Waals surface area contributed by atoms with Crippen molar-refractivity contribution in [3.05, 3.63) is 41.4 Å². The second-order valence-electron chi connectivity index (χ2n) is 10.1. The third kappa shape index (κ3) is 6.23. The van der Waals surface area contributed by atoms with Crippen LogP contribution in [0.1, 0.15) is 55.4 Å². The minimum Gasteiger partial charge on any atom is -0.394 e. The number of Topliss-reactive ketones (excluding diaryl/α,β-unsaturated/α-hetero) is 1. The number of rotatable bonds is 11. The van der Waals surface area contributed by atoms with Crippen molar-refractivity contribution in [1.82, 2.24) is 24.9 Å². The number of pyridine rings is 1. The fraction of sp³-hybridized carbons (Fsp3) is 0.500. The van der Waals surface area contributed by atoms with E-state index >= 15 is 0 Å². The Morgan fingerprint density at radius 1 is 1.11 bits per heavy atom. The highest BCUT2D eigenvalue weighted by Crippen LogP contribution is 2.32. The zero-order valence-electron chi connectivity index (χ0n) is 21.3. The molecule has 2 aliphatic rings. The number of aliphatic hydroxyl groups is 1. The molecular formula is C26H33ClN8O3. The zero-order chi connectivity index (χ0) is 26.6. The summed E-state index contributed by atoms with van der Waals surface area (Å²) in [4.78, 5) is 33.9. The normalized spacial score (nSPS) is 20.2. The summed E-state index contributed by atoms with van der Waals surface area (Å²) in [5.74, 6) is 0.690. The first-order valence-corrected chi connectivity index (χ1v) is 13.5. The van der Waals surface area contributed by atoms with Gasteiger partial charge in [0.25, 0.3) is 5.91 Å². The Morgan fingerprint density at radius 2 is 1.84 bits per heavy atom. The molecule has 12 heteroatoms. The van der Waals surface area contributed by atoms with E-state index < -0.39 is 6.04 Å². The number of carbonyl (C=O) groups excluding carboxylic acids is 2. The molecule has 2 fully saturated rings. The number of aliphatic hydroxyl groups excluding tert-OH is 1. The van der Waals surface area contributed by atoms with Crippen LogP contribution in [0.3, 0.4) is 0 Å². The number of likely N-dealkylation sites (N-methyl/N-ethyl adjacent to an activating group) is 1. The molecule has 0 aliphatic heterocycles. The summed E-state index contributed by atoms with van der Waals surface area (Å²) < 4.78 is 1.57. The van der Waals surface area contributed by atoms with E-state index in [1.807, 2.05) is 6.07 Å². The molecule has 0 spiro atoms. The fourth-order valence-corrected chi connectivity index (χ4v) is 5.10. The Balaban J connectivity index is 1.30. The molecule has 3 heterocycles. The minimum absolute atomic E-state index is 0.0641. The number of imidazole rings is 1. The van der Waals surface area contributed by atoms with Gasteiger partial charge in [-0.15, -0.1) is 5.10 Å². The van der Waals surface area contributed by atoms with Crippen molar-refractivity contribution >= 4 is 46.1 Å². The topological polar surface area (TPSA) is 146 Å². The van der Waals surface area contributed by atoms with Crippen LogP contribution in [-0.4, -0.2) is 68.2 Å². The summed E-state index contributed by atoms with van der Waals surface area (Å²) in [5, 5.41) is 27.1. The van der Waals surface area contributed by atoms with Crippen LogP contribution in [0, 0.1) is 5.92 Å². The Labute approximate surface area is 225 Å². The number of hydrogen-bond donors (Lipinski definition) is 5. The summed E-state index contributed by atoms with van der Waals surface area (Å²) in [6.45, 7) is -0.178. The van der Waals surface area contributed by atoms with E-state index in [2.05, 4.69) is 31.2 Å². The lowest BCUT2D eigenvalue weighted by molar-refractivity contribution is -0.123. The quantitative estimate of drug-likeness (QED) is 0.231. The molecular weight excluding hydrogens is 508 g/mol. The molecule has 3 aromatic heterocycles. The fourth-order valence-electron chi connectivity index (χ4n) is 4.92. The number of ketones is 1. The second-order valence-corrected chi connectivity index (χ2v) is 10.5. The number of aromatic nitrogens is 4. The largest absolute Gasteiger partial charge is 0.394 e. The Kier molecular flexibility index (Phi) is 8.06. The average Bonchev–Trinajstić information content (AvgIpc) is 3.61. The van der Waals surface area contributed by atoms with E-state index in [1.165, 1.54) is 12.4 Å². The first-order chi connectivity index (χ1) is 18.4. The van der Waals surface area contributed by atoms with Crippen molar-refractivity contribution in [3.8, 4) is 0 Å². The van der Waals surface area contributed by atoms with Crippen LogP contribution in [0.25, 0.3) is 5.65 Å². The molecule has 38 heavy (non-hydrogen) atoms. The number of nitrogens with zero attached hydrogens (tertiary/aromatic N) is 4. The van der Waals surface area contributed by atoms with Crippen LogP contribution in [0.5, 0.6) is 0 Å². The van der Waals surface area contributed by atoms with Gasteiger partial charge in [0.05, 0.1) is 24.5 Å². The molecule has 11 nitrogen and oxygen atoms in total. The SMILES string of the molecule is CN[C@@H](CO)C(=O)CC1CCC(Nc2cc(NC3CC3)c3ncc(C(=O)Nc4ccnc(Cl)c4)n3n2)CC1. The van der Waals surface area contributed by atoms with Gasteiger partial charge in [-0.3, -0.25) is 9.59 Å². The van der Waals surface area contributed by atoms with Crippen LogP contribution in [0.15, 0.2) is 30.6 Å². The molecule has 2 aliphatic carbocycles. The van der Waals surface area contributed by atoms with Gasteiger partial charge in [-0.25, -0.2) is 14.5 Å². The van der Waals surface area contributed by atoms with Gasteiger partial charge >= 0.3 is 0 Å². The molecule has 0 saturated heterocycles. The smallest absolute Gasteiger partial charge is 0.276 e. The molecule has 1 atom stereocenters. The number of halogens is 1. The minimum atomic E-state index is -0.490. The van der Waals surface area contributed by atoms with Crippen molar-refractivity contribution in [1.29, 1.82) is 0 Å². The molecule has 2 saturated carbocycles. The molecule has 3 aromatic rings. The van der Waals surface area contributed by atoms with E-state index in [9.17, 15) is 14.7 Å². The van der Waals surface area contributed by atoms with Gasteiger partial charge < -0.3 is 26.4 Å². The number of anilines is 3. The predicted octanol–water partition coefficient (Wildman–Crippen LogP) is 3.11. The van der Waals surface area contributed by atoms with Crippen molar-refractivity contribution < 1.29 is 14.7 Å². The summed E-state index contributed by atoms with van der Waals surface area (Å²) in [7, 11) is 1.69. The maximum absolute atomic E-state index is 13.1. The van der Waals surface area contributed by atoms with Crippen LogP contribution < -0.4 is 21.3 Å². The Hall–Kier alpha value is -3.28. The van der Waals surface area contributed by atoms with Gasteiger partial charge in [0.1, 0.15) is 11.0 Å². The summed E-state index contributed by atoms with van der Waals surface area (Å²) in [5.41, 5.74) is 2.26. The van der Waals surface area contributed by atoms with E-state index in [4.69, 9.17) is 16.7 Å². The first-order valence-electron chi connectivity index (χ1n) is 13.1. The van der Waals surface area contributed by atoms with Gasteiger partial charge in [0, 0.05) is 36.5 Å². The number of carbonyl (C=O) groups is 2. The van der Waals surface area contributed by atoms with Crippen LogP contribution in [-0.2, 0) is 4.79 Å². The molecule has 0 radical (unpaired) electrons. The summed E-state index contributed by atoms with van der Waals surface area (Å²) in [6, 6.07) is 5.32. The summed E-state index contributed by atoms with van der Waals surface area (Å²) >= 11 is 5.96. The highest BCUT2D eigenvalue weighted by atomic mass is 35.5. The molecule has 0 unspecified atom stereocenters. The van der Waals surface area contributed by atoms with Gasteiger partial charge in [-0.2, -0.15) is 0 Å². The predicted molar refractivity (Wildman–Crippen MR) is 146 cm³/mol. The van der Waals surface area contributed by atoms with Gasteiger partial charge in [0.15, 0.2) is 17.1 Å². The number of amides is 1. The average molecular weight is 541 g/mol. The lowest BCUT2D eigenvalue weighted by Crippen LogP contribution is -2.39. The van der Waals surface area contributed by atoms with Crippen molar-refractivity contribution in [3.63, 3.8) is 0 Å². The number of nitrogens with one attached hydrogen (secondary N) is 4. The van der Waals surface area contributed by atoms with Crippen LogP contribution in [0.2, 0.25) is 5.15 Å². The molecule has 5 rings (SSSR count). The van der Waals surface area contributed by atoms with Crippen LogP contribution in [0.4, 0.5) is 17.2 Å². The Bertz CT molecular complexity index is 1300. The lowest BCUT2D eigenvalue weighted by Gasteiger charge is -2.30. The molecule has 1 amide bonds. The van der Waals surface area contributed by atoms with Crippen molar-refractivity contribution in [2.24, 2.45) is 5.92 Å². The Morgan fingerprint density at radius 3 is 2.53 bits per heavy atom. The number of fused-ring (bicyclic) bond motifs is 1. The third-order valence-electron chi connectivity index (χ3n) is 7.23. The maximum Gasteiger partial charge on any atom is 0.276 e. The molecule has 202 valence electrons. The highest BCUT2D eigenvalue weighted by Gasteiger charge is 2.27. The summed E-state index contributed by atoms with van der Waals surface area (Å²) in [6.07, 6.45) is 9.40. The van der Waals surface area contributed by atoms with E-state index in [0.717, 1.165) is 44.2 Å². The standard InChI is InChI=1S/C26H33ClN8O3/c1-28-20(14-36)22(37)10-15-2-4-17(5-3-15)32-24-12-19(31-16-6-7-16)25-30-13-21(35(25)34-24)26(38)33-18-8-9-29-23(27)11-18/h8-9,11-13,15-17,20,28,31,36H,2-7,10,14H2,1H3,(H,32,34)(H,29,33,38)/t15?,17?,20-/m0/s1. The highest BCUT2D eigenvalue weighted by molar-refractivity contribution is 6.29. The van der Waals surface area contributed by atoms with Crippen LogP contribution >= 0.6 is 11.6 Å². The third-order valence-corrected chi connectivity index (χ3v) is 7.44. The second kappa shape index (κ2) is 11.6. The maximum atomic E-state index is 13.1. The monoisotopic (exact) mass is 540 g/mol. The van der Waals surface area contributed by atoms with E-state index in [-0.39, 0.29) is 29.5 Å². The van der Waals surface area contributed by atoms with Crippen molar-refractivity contribution in [2.75, 3.05) is 29.6 Å². The van der Waals surface area contributed by atoms with E-state index in [0.29, 0.717) is 41.2 Å². The first kappa shape index (κ1) is 26.3. The van der Waals surface area contributed by atoms with E-state index in [1.54, 1.807) is 23.7 Å². The van der Waals surface area contributed by atoms with Crippen molar-refractivity contribution in [2.45, 2.75) is 63.1 Å². The van der Waals surface area contributed by atoms with Gasteiger partial charge in [0.2, 0.25) is 0 Å². The lowest BCUT2D eigenvalue weighted by atomic mass is 9.82. The number of hydrogen-bond acceptors (Lipinski definition) is 9. The van der Waals surface area contributed by atoms with Gasteiger partial charge in [-0.1, -0.05) is 11.6 Å². The zero-order valence-corrected chi connectivity index (χ0v) is 22.0. The molecule has 0 aromatic carbocycles.